The second-order valence-electron chi connectivity index (χ2n) is 22.3. The first-order valence-electron chi connectivity index (χ1n) is 26.4. The molecule has 8 aromatic carbocycles. The Labute approximate surface area is 451 Å². The summed E-state index contributed by atoms with van der Waals surface area (Å²) in [6.45, 7) is 19.1. The molecule has 10 rings (SSSR count). The zero-order valence-corrected chi connectivity index (χ0v) is 45.7. The van der Waals surface area contributed by atoms with Crippen molar-refractivity contribution in [1.82, 2.24) is 14.5 Å². The van der Waals surface area contributed by atoms with Gasteiger partial charge in [-0.3, -0.25) is 9.55 Å². The fraction of sp³-hybridized carbons (Fsp3) is 0.206. The Morgan fingerprint density at radius 1 is 0.507 bits per heavy atom. The minimum atomic E-state index is -2.50. The van der Waals surface area contributed by atoms with Crippen molar-refractivity contribution in [2.24, 2.45) is 0 Å². The van der Waals surface area contributed by atoms with Gasteiger partial charge in [0.05, 0.1) is 22.3 Å². The van der Waals surface area contributed by atoms with Gasteiger partial charge in [-0.15, -0.1) is 23.8 Å². The molecule has 73 heavy (non-hydrogen) atoms. The maximum absolute atomic E-state index is 12.8. The van der Waals surface area contributed by atoms with Crippen molar-refractivity contribution in [2.45, 2.75) is 92.3 Å². The van der Waals surface area contributed by atoms with Crippen molar-refractivity contribution in [2.75, 3.05) is 0 Å². The SMILES string of the molecule is [2H]C([2H])([2H])c1cc(-n2c(-c3cc(C(C)(C)C)cc(C(C)(C)C)c3O)nc3c(-c4[c-]c(-c5cc(-c6ccc(C)cc6)ccn5)cc(-c5ccccc5)c4)cccc32)c(-c2ccc(C(C)(C)C)cc2)cc1-c1ccccc1.[Pt]. The summed E-state index contributed by atoms with van der Waals surface area (Å²) in [6, 6.07) is 63.7. The zero-order valence-electron chi connectivity index (χ0n) is 46.4. The van der Waals surface area contributed by atoms with Gasteiger partial charge in [-0.25, -0.2) is 4.98 Å². The van der Waals surface area contributed by atoms with Crippen LogP contribution in [0, 0.1) is 19.8 Å². The first-order valence-corrected chi connectivity index (χ1v) is 24.9. The molecule has 0 fully saturated rings. The van der Waals surface area contributed by atoms with E-state index in [2.05, 4.69) is 177 Å². The smallest absolute Gasteiger partial charge is 0.148 e. The molecule has 2 heterocycles. The summed E-state index contributed by atoms with van der Waals surface area (Å²) >= 11 is 0. The molecule has 4 nitrogen and oxygen atoms in total. The van der Waals surface area contributed by atoms with Crippen molar-refractivity contribution < 1.29 is 30.3 Å². The maximum atomic E-state index is 12.8. The molecular weight excluding hydrogens is 1070 g/mol. The van der Waals surface area contributed by atoms with Gasteiger partial charge in [0.25, 0.3) is 0 Å². The summed E-state index contributed by atoms with van der Waals surface area (Å²) in [7, 11) is 0. The van der Waals surface area contributed by atoms with Crippen LogP contribution in [0.15, 0.2) is 182 Å². The number of imidazole rings is 1. The summed E-state index contributed by atoms with van der Waals surface area (Å²) < 4.78 is 29.5. The van der Waals surface area contributed by atoms with Crippen molar-refractivity contribution in [1.29, 1.82) is 0 Å². The summed E-state index contributed by atoms with van der Waals surface area (Å²) in [4.78, 5) is 10.6. The Balaban J connectivity index is 0.00000706. The first kappa shape index (κ1) is 46.9. The van der Waals surface area contributed by atoms with Crippen molar-refractivity contribution >= 4 is 11.0 Å². The molecule has 0 amide bonds. The minimum Gasteiger partial charge on any atom is -0.507 e. The summed E-state index contributed by atoms with van der Waals surface area (Å²) in [6.07, 6.45) is 1.86. The van der Waals surface area contributed by atoms with E-state index in [1.165, 1.54) is 11.1 Å². The average Bonchev–Trinajstić information content (AvgIpc) is 3.80. The number of para-hydroxylation sites is 1. The van der Waals surface area contributed by atoms with Crippen LogP contribution >= 0.6 is 0 Å². The number of phenolic OH excluding ortho intramolecular Hbond substituents is 1. The minimum absolute atomic E-state index is 0. The van der Waals surface area contributed by atoms with E-state index >= 15 is 0 Å². The van der Waals surface area contributed by atoms with E-state index < -0.39 is 12.3 Å². The van der Waals surface area contributed by atoms with E-state index in [0.717, 1.165) is 78.0 Å². The second-order valence-corrected chi connectivity index (χ2v) is 22.3. The Morgan fingerprint density at radius 2 is 1.12 bits per heavy atom. The number of benzene rings is 8. The molecule has 0 bridgehead atoms. The van der Waals surface area contributed by atoms with Gasteiger partial charge in [0.2, 0.25) is 0 Å². The van der Waals surface area contributed by atoms with Gasteiger partial charge in [-0.2, -0.15) is 0 Å². The number of aromatic nitrogens is 3. The molecule has 10 aromatic rings. The molecule has 0 atom stereocenters. The van der Waals surface area contributed by atoms with Crippen LogP contribution in [0.5, 0.6) is 5.75 Å². The molecule has 0 unspecified atom stereocenters. The largest absolute Gasteiger partial charge is 0.507 e. The number of hydrogen-bond donors (Lipinski definition) is 1. The van der Waals surface area contributed by atoms with Gasteiger partial charge in [-0.1, -0.05) is 218 Å². The van der Waals surface area contributed by atoms with Crippen molar-refractivity contribution in [3.05, 3.63) is 216 Å². The molecular formula is C68H64N3OPt-. The molecule has 5 heteroatoms. The maximum Gasteiger partial charge on any atom is 0.148 e. The molecule has 0 spiro atoms. The molecule has 0 aliphatic carbocycles. The topological polar surface area (TPSA) is 50.9 Å². The van der Waals surface area contributed by atoms with Crippen LogP contribution in [0.3, 0.4) is 0 Å². The second kappa shape index (κ2) is 19.7. The molecule has 0 radical (unpaired) electrons. The number of hydrogen-bond acceptors (Lipinski definition) is 3. The van der Waals surface area contributed by atoms with Gasteiger partial charge in [0, 0.05) is 48.2 Å². The standard InChI is InChI=1S/C68H64N3O.Pt/c1-43-25-27-46(28-26-43)49-33-34-69-60(39-49)52-37-50(45-19-14-12-15-20-45)36-51(38-52)55-23-18-24-61-63(55)70-65(58-40-54(67(6,7)8)41-59(64(58)72)68(9,10)11)71(61)62-35-44(2)56(47-21-16-13-17-22-47)42-57(62)48-29-31-53(32-30-48)66(3,4)5;/h12-37,39-42,72H,1-11H3;/q-1;/i2D3;. The van der Waals surface area contributed by atoms with Crippen molar-refractivity contribution in [3.8, 4) is 89.7 Å². The van der Waals surface area contributed by atoms with Gasteiger partial charge in [0.15, 0.2) is 0 Å². The van der Waals surface area contributed by atoms with Crippen LogP contribution in [-0.2, 0) is 37.3 Å². The van der Waals surface area contributed by atoms with Crippen LogP contribution in [0.1, 0.15) is 94.2 Å². The normalized spacial score (nSPS) is 12.8. The van der Waals surface area contributed by atoms with E-state index in [1.807, 2.05) is 85.1 Å². The number of pyridine rings is 1. The third-order valence-corrected chi connectivity index (χ3v) is 13.9. The molecule has 368 valence electrons. The van der Waals surface area contributed by atoms with Crippen LogP contribution in [0.25, 0.3) is 95.0 Å². The fourth-order valence-electron chi connectivity index (χ4n) is 9.72. The number of aromatic hydroxyl groups is 1. The zero-order chi connectivity index (χ0) is 53.2. The van der Waals surface area contributed by atoms with Crippen LogP contribution in [0.4, 0.5) is 0 Å². The van der Waals surface area contributed by atoms with E-state index in [0.29, 0.717) is 28.2 Å². The number of phenols is 1. The average molecular weight is 1140 g/mol. The number of nitrogens with zero attached hydrogens (tertiary/aromatic N) is 3. The van der Waals surface area contributed by atoms with E-state index in [4.69, 9.17) is 14.1 Å². The van der Waals surface area contributed by atoms with Gasteiger partial charge in [0.1, 0.15) is 11.6 Å². The van der Waals surface area contributed by atoms with E-state index in [1.54, 1.807) is 0 Å². The Kier molecular flexibility index (Phi) is 12.7. The molecule has 1 N–H and O–H groups in total. The molecule has 2 aromatic heterocycles. The molecule has 0 aliphatic rings. The van der Waals surface area contributed by atoms with Gasteiger partial charge in [-0.05, 0) is 110 Å². The van der Waals surface area contributed by atoms with E-state index in [-0.39, 0.29) is 43.2 Å². The monoisotopic (exact) mass is 1140 g/mol. The van der Waals surface area contributed by atoms with Crippen LogP contribution in [0.2, 0.25) is 0 Å². The first-order chi connectivity index (χ1) is 35.5. The molecule has 0 saturated heterocycles. The molecule has 0 aliphatic heterocycles. The van der Waals surface area contributed by atoms with Crippen LogP contribution in [-0.4, -0.2) is 19.6 Å². The number of fused-ring (bicyclic) bond motifs is 1. The predicted molar refractivity (Wildman–Crippen MR) is 303 cm³/mol. The third-order valence-electron chi connectivity index (χ3n) is 13.9. The Bertz CT molecular complexity index is 3750. The van der Waals surface area contributed by atoms with Gasteiger partial charge >= 0.3 is 0 Å². The number of aryl methyl sites for hydroxylation is 2. The Morgan fingerprint density at radius 3 is 1.77 bits per heavy atom. The third kappa shape index (κ3) is 10.2. The summed E-state index contributed by atoms with van der Waals surface area (Å²) in [5.74, 6) is 0.607. The Hall–Kier alpha value is -7.13. The van der Waals surface area contributed by atoms with Crippen molar-refractivity contribution in [3.63, 3.8) is 0 Å². The molecule has 0 saturated carbocycles. The van der Waals surface area contributed by atoms with Gasteiger partial charge < -0.3 is 5.11 Å². The quantitative estimate of drug-likeness (QED) is 0.154. The fourth-order valence-corrected chi connectivity index (χ4v) is 9.72. The summed E-state index contributed by atoms with van der Waals surface area (Å²) in [5, 5.41) is 12.8. The van der Waals surface area contributed by atoms with E-state index in [9.17, 15) is 5.11 Å². The van der Waals surface area contributed by atoms with Crippen LogP contribution < -0.4 is 0 Å². The predicted octanol–water partition coefficient (Wildman–Crippen LogP) is 18.1. The summed E-state index contributed by atoms with van der Waals surface area (Å²) in [5.41, 5.74) is 16.7. The number of rotatable bonds is 8.